The van der Waals surface area contributed by atoms with Crippen molar-refractivity contribution in [2.24, 2.45) is 0 Å². The van der Waals surface area contributed by atoms with E-state index in [9.17, 15) is 9.59 Å². The molecule has 0 saturated heterocycles. The van der Waals surface area contributed by atoms with E-state index in [-0.39, 0.29) is 17.1 Å². The summed E-state index contributed by atoms with van der Waals surface area (Å²) in [6, 6.07) is 12.6. The number of aromatic nitrogens is 1. The molecule has 5 nitrogen and oxygen atoms in total. The summed E-state index contributed by atoms with van der Waals surface area (Å²) in [6.45, 7) is 0.342. The first-order chi connectivity index (χ1) is 10.6. The van der Waals surface area contributed by atoms with Crippen molar-refractivity contribution >= 4 is 11.9 Å². The molecular weight excluding hydrogens is 280 g/mol. The Kier molecular flexibility index (Phi) is 2.60. The van der Waals surface area contributed by atoms with Gasteiger partial charge in [-0.2, -0.15) is 0 Å². The summed E-state index contributed by atoms with van der Waals surface area (Å²) in [5.41, 5.74) is 2.26. The minimum atomic E-state index is -1.06. The highest BCUT2D eigenvalue weighted by molar-refractivity contribution is 6.00. The number of hydrogen-bond donors (Lipinski definition) is 1. The van der Waals surface area contributed by atoms with E-state index in [2.05, 4.69) is 4.98 Å². The third-order valence-corrected chi connectivity index (χ3v) is 4.49. The van der Waals surface area contributed by atoms with Crippen molar-refractivity contribution in [1.82, 2.24) is 9.88 Å². The Morgan fingerprint density at radius 1 is 1.18 bits per heavy atom. The van der Waals surface area contributed by atoms with E-state index in [4.69, 9.17) is 5.11 Å². The van der Waals surface area contributed by atoms with Gasteiger partial charge in [0, 0.05) is 5.56 Å². The summed E-state index contributed by atoms with van der Waals surface area (Å²) >= 11 is 0. The lowest BCUT2D eigenvalue weighted by Gasteiger charge is -2.24. The molecule has 1 aliphatic heterocycles. The second-order valence-electron chi connectivity index (χ2n) is 5.79. The molecular formula is C17H14N2O3. The zero-order valence-corrected chi connectivity index (χ0v) is 11.8. The second-order valence-corrected chi connectivity index (χ2v) is 5.79. The monoisotopic (exact) mass is 294 g/mol. The number of aromatic carboxylic acids is 1. The summed E-state index contributed by atoms with van der Waals surface area (Å²) < 4.78 is 0. The normalized spacial score (nSPS) is 17.6. The van der Waals surface area contributed by atoms with Crippen LogP contribution in [-0.2, 0) is 12.1 Å². The van der Waals surface area contributed by atoms with Crippen LogP contribution in [0.2, 0.25) is 0 Å². The van der Waals surface area contributed by atoms with Crippen molar-refractivity contribution in [3.05, 3.63) is 65.0 Å². The van der Waals surface area contributed by atoms with E-state index < -0.39 is 5.97 Å². The molecule has 1 saturated carbocycles. The molecule has 4 rings (SSSR count). The lowest BCUT2D eigenvalue weighted by molar-refractivity contribution is 0.0680. The molecule has 0 atom stereocenters. The molecule has 22 heavy (non-hydrogen) atoms. The van der Waals surface area contributed by atoms with Gasteiger partial charge >= 0.3 is 5.97 Å². The van der Waals surface area contributed by atoms with Gasteiger partial charge in [0.2, 0.25) is 0 Å². The summed E-state index contributed by atoms with van der Waals surface area (Å²) in [4.78, 5) is 29.7. The number of carboxylic acids is 1. The maximum atomic E-state index is 12.7. The van der Waals surface area contributed by atoms with Gasteiger partial charge in [-0.05, 0) is 36.6 Å². The third kappa shape index (κ3) is 1.75. The van der Waals surface area contributed by atoms with E-state index in [0.717, 1.165) is 24.0 Å². The predicted molar refractivity (Wildman–Crippen MR) is 78.4 cm³/mol. The molecule has 1 aromatic carbocycles. The zero-order valence-electron chi connectivity index (χ0n) is 11.8. The minimum absolute atomic E-state index is 0.00603. The van der Waals surface area contributed by atoms with Crippen molar-refractivity contribution in [3.63, 3.8) is 0 Å². The van der Waals surface area contributed by atoms with E-state index in [1.165, 1.54) is 6.07 Å². The van der Waals surface area contributed by atoms with Crippen LogP contribution in [0.15, 0.2) is 42.5 Å². The molecule has 2 heterocycles. The van der Waals surface area contributed by atoms with Crippen molar-refractivity contribution in [2.75, 3.05) is 0 Å². The minimum Gasteiger partial charge on any atom is -0.477 e. The molecule has 5 heteroatoms. The first-order valence-corrected chi connectivity index (χ1v) is 7.22. The third-order valence-electron chi connectivity index (χ3n) is 4.49. The first-order valence-electron chi connectivity index (χ1n) is 7.22. The molecule has 0 bridgehead atoms. The van der Waals surface area contributed by atoms with Crippen LogP contribution in [-0.4, -0.2) is 26.9 Å². The quantitative estimate of drug-likeness (QED) is 0.943. The summed E-state index contributed by atoms with van der Waals surface area (Å²) in [6.07, 6.45) is 1.91. The molecule has 1 spiro atoms. The number of pyridine rings is 1. The highest BCUT2D eigenvalue weighted by Gasteiger charge is 2.57. The number of carbonyl (C=O) groups is 2. The summed E-state index contributed by atoms with van der Waals surface area (Å²) in [5, 5.41) is 9.04. The number of benzene rings is 1. The Balaban J connectivity index is 1.69. The van der Waals surface area contributed by atoms with Gasteiger partial charge in [0.1, 0.15) is 5.69 Å². The number of carbonyl (C=O) groups excluding carboxylic acids is 1. The Morgan fingerprint density at radius 3 is 2.68 bits per heavy atom. The van der Waals surface area contributed by atoms with Crippen LogP contribution in [0.3, 0.4) is 0 Å². The largest absolute Gasteiger partial charge is 0.477 e. The fourth-order valence-corrected chi connectivity index (χ4v) is 3.29. The van der Waals surface area contributed by atoms with Gasteiger partial charge in [0.05, 0.1) is 17.8 Å². The molecule has 1 aliphatic carbocycles. The van der Waals surface area contributed by atoms with Gasteiger partial charge in [0.25, 0.3) is 5.91 Å². The van der Waals surface area contributed by atoms with Crippen LogP contribution in [0.5, 0.6) is 0 Å². The molecule has 2 aliphatic rings. The number of carboxylic acid groups (broad SMARTS) is 1. The Morgan fingerprint density at radius 2 is 1.95 bits per heavy atom. The average molecular weight is 294 g/mol. The van der Waals surface area contributed by atoms with Crippen molar-refractivity contribution in [3.8, 4) is 0 Å². The van der Waals surface area contributed by atoms with Crippen molar-refractivity contribution in [1.29, 1.82) is 0 Å². The van der Waals surface area contributed by atoms with Crippen LogP contribution in [0.1, 0.15) is 44.9 Å². The zero-order chi connectivity index (χ0) is 15.3. The van der Waals surface area contributed by atoms with Gasteiger partial charge in [0.15, 0.2) is 0 Å². The molecule has 1 aromatic heterocycles. The Hall–Kier alpha value is -2.69. The second kappa shape index (κ2) is 4.40. The summed E-state index contributed by atoms with van der Waals surface area (Å²) in [7, 11) is 0. The predicted octanol–water partition coefficient (Wildman–Crippen LogP) is 2.42. The standard InChI is InChI=1S/C17H14N2O3/c20-15-12-5-1-2-6-13(12)17(8-9-17)19(15)10-11-4-3-7-14(18-11)16(21)22/h1-7H,8-10H2,(H,21,22). The first kappa shape index (κ1) is 13.0. The van der Waals surface area contributed by atoms with E-state index in [1.54, 1.807) is 12.1 Å². The van der Waals surface area contributed by atoms with E-state index in [1.807, 2.05) is 29.2 Å². The number of fused-ring (bicyclic) bond motifs is 2. The van der Waals surface area contributed by atoms with Crippen LogP contribution < -0.4 is 0 Å². The maximum absolute atomic E-state index is 12.7. The molecule has 110 valence electrons. The van der Waals surface area contributed by atoms with Crippen LogP contribution in [0.25, 0.3) is 0 Å². The SMILES string of the molecule is O=C(O)c1cccc(CN2C(=O)c3ccccc3C23CC3)n1. The number of nitrogens with zero attached hydrogens (tertiary/aromatic N) is 2. The lowest BCUT2D eigenvalue weighted by Crippen LogP contribution is -2.33. The molecule has 0 unspecified atom stereocenters. The van der Waals surface area contributed by atoms with Gasteiger partial charge in [-0.3, -0.25) is 4.79 Å². The number of hydrogen-bond acceptors (Lipinski definition) is 3. The maximum Gasteiger partial charge on any atom is 0.354 e. The van der Waals surface area contributed by atoms with Crippen molar-refractivity contribution in [2.45, 2.75) is 24.9 Å². The molecule has 1 N–H and O–H groups in total. The van der Waals surface area contributed by atoms with Gasteiger partial charge < -0.3 is 10.0 Å². The summed E-state index contributed by atoms with van der Waals surface area (Å²) in [5.74, 6) is -1.05. The van der Waals surface area contributed by atoms with Crippen LogP contribution >= 0.6 is 0 Å². The van der Waals surface area contributed by atoms with Gasteiger partial charge in [-0.15, -0.1) is 0 Å². The molecule has 1 amide bonds. The lowest BCUT2D eigenvalue weighted by atomic mass is 10.0. The number of rotatable bonds is 3. The Bertz CT molecular complexity index is 796. The van der Waals surface area contributed by atoms with Crippen LogP contribution in [0.4, 0.5) is 0 Å². The average Bonchev–Trinajstić information content (AvgIpc) is 3.30. The fraction of sp³-hybridized carbons (Fsp3) is 0.235. The van der Waals surface area contributed by atoms with E-state index in [0.29, 0.717) is 12.2 Å². The fourth-order valence-electron chi connectivity index (χ4n) is 3.29. The van der Waals surface area contributed by atoms with Gasteiger partial charge in [-0.1, -0.05) is 24.3 Å². The van der Waals surface area contributed by atoms with Crippen molar-refractivity contribution < 1.29 is 14.7 Å². The van der Waals surface area contributed by atoms with Crippen LogP contribution in [0, 0.1) is 0 Å². The molecule has 2 aromatic rings. The van der Waals surface area contributed by atoms with Gasteiger partial charge in [-0.25, -0.2) is 9.78 Å². The highest BCUT2D eigenvalue weighted by Crippen LogP contribution is 2.56. The topological polar surface area (TPSA) is 70.5 Å². The van der Waals surface area contributed by atoms with E-state index >= 15 is 0 Å². The molecule has 1 fully saturated rings. The smallest absolute Gasteiger partial charge is 0.354 e. The highest BCUT2D eigenvalue weighted by atomic mass is 16.4. The number of amides is 1. The Labute approximate surface area is 127 Å². The molecule has 0 radical (unpaired) electrons.